The molecular weight excluding hydrogens is 526 g/mol. The number of benzene rings is 2. The minimum atomic E-state index is -0.501. The van der Waals surface area contributed by atoms with Gasteiger partial charge in [-0.1, -0.05) is 42.5 Å². The number of aryl methyl sites for hydroxylation is 1. The number of carbonyl (C=O) groups excluding carboxylic acids is 1. The summed E-state index contributed by atoms with van der Waals surface area (Å²) < 4.78 is 1.48. The van der Waals surface area contributed by atoms with E-state index >= 15 is 0 Å². The van der Waals surface area contributed by atoms with Crippen molar-refractivity contribution in [1.29, 1.82) is 0 Å². The first kappa shape index (κ1) is 28.4. The van der Waals surface area contributed by atoms with E-state index in [1.165, 1.54) is 4.57 Å². The molecule has 1 aromatic heterocycles. The molecule has 1 N–H and O–H groups in total. The highest BCUT2D eigenvalue weighted by atomic mass is 16.5. The minimum absolute atomic E-state index is 0.0709. The van der Waals surface area contributed by atoms with Gasteiger partial charge in [-0.2, -0.15) is 0 Å². The fraction of sp³-hybridized carbons (Fsp3) is 0.176. The van der Waals surface area contributed by atoms with Gasteiger partial charge in [0.2, 0.25) is 5.82 Å². The molecule has 3 aromatic rings. The Kier molecular flexibility index (Phi) is 7.74. The summed E-state index contributed by atoms with van der Waals surface area (Å²) in [6.07, 6.45) is 15.9. The molecule has 1 aliphatic heterocycles. The average molecular weight is 560 g/mol. The van der Waals surface area contributed by atoms with Crippen LogP contribution in [0.3, 0.4) is 0 Å². The van der Waals surface area contributed by atoms with Crippen molar-refractivity contribution < 1.29 is 10.0 Å². The highest BCUT2D eigenvalue weighted by Crippen LogP contribution is 2.34. The molecule has 0 spiro atoms. The van der Waals surface area contributed by atoms with Crippen molar-refractivity contribution in [2.45, 2.75) is 33.2 Å². The van der Waals surface area contributed by atoms with Crippen LogP contribution in [-0.4, -0.2) is 37.0 Å². The van der Waals surface area contributed by atoms with Crippen LogP contribution in [0.4, 0.5) is 11.5 Å². The van der Waals surface area contributed by atoms with Crippen molar-refractivity contribution in [1.82, 2.24) is 14.6 Å². The van der Waals surface area contributed by atoms with Crippen LogP contribution >= 0.6 is 0 Å². The molecule has 5 rings (SSSR count). The predicted octanol–water partition coefficient (Wildman–Crippen LogP) is 6.43. The van der Waals surface area contributed by atoms with Crippen LogP contribution in [0.25, 0.3) is 11.3 Å². The van der Waals surface area contributed by atoms with Crippen LogP contribution in [-0.2, 0) is 7.05 Å². The number of aliphatic imine (C=N–C) groups is 1. The van der Waals surface area contributed by atoms with Gasteiger partial charge < -0.3 is 9.47 Å². The standard InChI is InChI=1S/C34H33N5O3/c1-23-28(12-9-13-30(23)39(34(2,3)4)32(40)26-10-7-6-8-11-26)29-22-37(5)33(41)31(36-29)35-27-16-14-24(15-17-27)25-18-20-38(42)21-19-25/h6-22,42H,1-5H3. The number of nitrogens with zero attached hydrogens (tertiary/aromatic N) is 5. The average Bonchev–Trinajstić information content (AvgIpc) is 2.97. The second-order valence-corrected chi connectivity index (χ2v) is 11.1. The lowest BCUT2D eigenvalue weighted by Gasteiger charge is -2.37. The Hall–Kier alpha value is -5.08. The van der Waals surface area contributed by atoms with Crippen LogP contribution in [0.2, 0.25) is 0 Å². The molecule has 2 heterocycles. The number of aromatic nitrogens is 2. The summed E-state index contributed by atoms with van der Waals surface area (Å²) >= 11 is 0. The van der Waals surface area contributed by atoms with Crippen LogP contribution in [0.5, 0.6) is 0 Å². The van der Waals surface area contributed by atoms with Gasteiger partial charge in [-0.05, 0) is 86.9 Å². The van der Waals surface area contributed by atoms with Gasteiger partial charge in [0, 0.05) is 48.0 Å². The first-order valence-corrected chi connectivity index (χ1v) is 13.6. The summed E-state index contributed by atoms with van der Waals surface area (Å²) in [7, 11) is 1.68. The normalized spacial score (nSPS) is 14.5. The third kappa shape index (κ3) is 5.84. The van der Waals surface area contributed by atoms with Gasteiger partial charge in [-0.15, -0.1) is 0 Å². The molecule has 0 saturated heterocycles. The third-order valence-corrected chi connectivity index (χ3v) is 7.02. The van der Waals surface area contributed by atoms with Crippen molar-refractivity contribution in [3.63, 3.8) is 0 Å². The van der Waals surface area contributed by atoms with E-state index < -0.39 is 5.54 Å². The van der Waals surface area contributed by atoms with Crippen LogP contribution in [0.15, 0.2) is 125 Å². The zero-order valence-corrected chi connectivity index (χ0v) is 24.3. The number of rotatable bonds is 4. The number of carbonyl (C=O) groups is 1. The summed E-state index contributed by atoms with van der Waals surface area (Å²) in [5.41, 5.74) is 5.28. The van der Waals surface area contributed by atoms with E-state index in [2.05, 4.69) is 9.98 Å². The molecule has 42 heavy (non-hydrogen) atoms. The topological polar surface area (TPSA) is 91.0 Å². The van der Waals surface area contributed by atoms with E-state index in [9.17, 15) is 14.8 Å². The summed E-state index contributed by atoms with van der Waals surface area (Å²) in [5.74, 6) is -0.0245. The number of allylic oxidation sites excluding steroid dienone is 8. The van der Waals surface area contributed by atoms with E-state index in [1.807, 2.05) is 105 Å². The van der Waals surface area contributed by atoms with Crippen LogP contribution in [0, 0.1) is 6.92 Å². The molecule has 0 unspecified atom stereocenters. The number of hydroxylamine groups is 2. The Labute approximate surface area is 245 Å². The SMILES string of the molecule is Cc1c(-c2cn(C)c(=O)c(N=C3C=CC(=C4C=CN(O)C=C4)C=C3)n2)cccc1N(C(=O)c1ccccc1)C(C)(C)C. The number of hydrogen-bond acceptors (Lipinski definition) is 6. The van der Waals surface area contributed by atoms with E-state index in [0.717, 1.165) is 33.0 Å². The highest BCUT2D eigenvalue weighted by molar-refractivity contribution is 6.08. The van der Waals surface area contributed by atoms with Gasteiger partial charge in [0.05, 0.1) is 11.4 Å². The van der Waals surface area contributed by atoms with Crippen LogP contribution in [0.1, 0.15) is 36.7 Å². The first-order chi connectivity index (χ1) is 20.0. The van der Waals surface area contributed by atoms with Crippen molar-refractivity contribution in [2.75, 3.05) is 4.90 Å². The predicted molar refractivity (Wildman–Crippen MR) is 167 cm³/mol. The largest absolute Gasteiger partial charge is 0.313 e. The third-order valence-electron chi connectivity index (χ3n) is 7.02. The van der Waals surface area contributed by atoms with Gasteiger partial charge >= 0.3 is 0 Å². The van der Waals surface area contributed by atoms with Gasteiger partial charge in [0.15, 0.2) is 0 Å². The summed E-state index contributed by atoms with van der Waals surface area (Å²) in [6, 6.07) is 15.0. The molecular formula is C34H33N5O3. The Balaban J connectivity index is 1.53. The van der Waals surface area contributed by atoms with Gasteiger partial charge in [0.1, 0.15) is 0 Å². The summed E-state index contributed by atoms with van der Waals surface area (Å²) in [4.78, 5) is 37.8. The van der Waals surface area contributed by atoms with E-state index in [1.54, 1.807) is 37.8 Å². The Morgan fingerprint density at radius 1 is 0.905 bits per heavy atom. The molecule has 0 radical (unpaired) electrons. The van der Waals surface area contributed by atoms with Crippen LogP contribution < -0.4 is 10.5 Å². The van der Waals surface area contributed by atoms with Crippen molar-refractivity contribution in [3.8, 4) is 11.3 Å². The maximum absolute atomic E-state index is 13.7. The summed E-state index contributed by atoms with van der Waals surface area (Å²) in [6.45, 7) is 7.99. The second-order valence-electron chi connectivity index (χ2n) is 11.1. The lowest BCUT2D eigenvalue weighted by Crippen LogP contribution is -2.46. The molecule has 2 aliphatic rings. The van der Waals surface area contributed by atoms with Crippen molar-refractivity contribution in [3.05, 3.63) is 136 Å². The molecule has 0 bridgehead atoms. The monoisotopic (exact) mass is 559 g/mol. The number of anilines is 1. The maximum atomic E-state index is 13.7. The fourth-order valence-electron chi connectivity index (χ4n) is 4.88. The minimum Gasteiger partial charge on any atom is -0.313 e. The Morgan fingerprint density at radius 3 is 2.19 bits per heavy atom. The quantitative estimate of drug-likeness (QED) is 0.398. The molecule has 0 atom stereocenters. The zero-order chi connectivity index (χ0) is 30.0. The van der Waals surface area contributed by atoms with E-state index in [4.69, 9.17) is 0 Å². The van der Waals surface area contributed by atoms with Gasteiger partial charge in [0.25, 0.3) is 11.5 Å². The lowest BCUT2D eigenvalue weighted by molar-refractivity contribution is 0.0105. The lowest BCUT2D eigenvalue weighted by atomic mass is 9.97. The second kappa shape index (κ2) is 11.4. The molecule has 212 valence electrons. The van der Waals surface area contributed by atoms with Gasteiger partial charge in [-0.3, -0.25) is 14.8 Å². The first-order valence-electron chi connectivity index (χ1n) is 13.6. The maximum Gasteiger partial charge on any atom is 0.295 e. The molecule has 1 aliphatic carbocycles. The molecule has 2 aromatic carbocycles. The number of amides is 1. The molecule has 0 saturated carbocycles. The Bertz CT molecular complexity index is 1750. The molecule has 8 nitrogen and oxygen atoms in total. The molecule has 8 heteroatoms. The van der Waals surface area contributed by atoms with Crippen molar-refractivity contribution >= 4 is 23.1 Å². The zero-order valence-electron chi connectivity index (χ0n) is 24.3. The molecule has 0 fully saturated rings. The smallest absolute Gasteiger partial charge is 0.295 e. The number of hydrogen-bond donors (Lipinski definition) is 1. The summed E-state index contributed by atoms with van der Waals surface area (Å²) in [5, 5.41) is 10.5. The van der Waals surface area contributed by atoms with Gasteiger partial charge in [-0.25, -0.2) is 15.0 Å². The van der Waals surface area contributed by atoms with E-state index in [-0.39, 0.29) is 17.3 Å². The molecule has 1 amide bonds. The Morgan fingerprint density at radius 2 is 1.55 bits per heavy atom. The fourth-order valence-corrected chi connectivity index (χ4v) is 4.88. The van der Waals surface area contributed by atoms with E-state index in [0.29, 0.717) is 17.0 Å². The van der Waals surface area contributed by atoms with Crippen molar-refractivity contribution in [2.24, 2.45) is 12.0 Å². The highest BCUT2D eigenvalue weighted by Gasteiger charge is 2.30.